The van der Waals surface area contributed by atoms with E-state index >= 15 is 0 Å². The maximum absolute atomic E-state index is 12.4. The highest BCUT2D eigenvalue weighted by molar-refractivity contribution is 5.96. The van der Waals surface area contributed by atoms with E-state index in [4.69, 9.17) is 0 Å². The van der Waals surface area contributed by atoms with Gasteiger partial charge in [0.25, 0.3) is 5.91 Å². The van der Waals surface area contributed by atoms with Crippen LogP contribution >= 0.6 is 0 Å². The van der Waals surface area contributed by atoms with Gasteiger partial charge in [-0.05, 0) is 63.3 Å². The van der Waals surface area contributed by atoms with Crippen LogP contribution in [0.4, 0.5) is 0 Å². The molecule has 0 aromatic heterocycles. The Morgan fingerprint density at radius 2 is 1.80 bits per heavy atom. The number of carbonyl (C=O) groups is 1. The van der Waals surface area contributed by atoms with Gasteiger partial charge in [0.2, 0.25) is 0 Å². The van der Waals surface area contributed by atoms with Crippen molar-refractivity contribution in [2.24, 2.45) is 0 Å². The first kappa shape index (κ1) is 15.0. The number of benzene rings is 1. The van der Waals surface area contributed by atoms with Crippen molar-refractivity contribution in [3.63, 3.8) is 0 Å². The molecular formula is C17H26N2O. The van der Waals surface area contributed by atoms with Gasteiger partial charge in [-0.15, -0.1) is 0 Å². The third-order valence-electron chi connectivity index (χ3n) is 4.40. The van der Waals surface area contributed by atoms with Crippen LogP contribution in [-0.4, -0.2) is 24.5 Å². The Morgan fingerprint density at radius 1 is 1.15 bits per heavy atom. The number of hydrogen-bond donors (Lipinski definition) is 2. The Kier molecular flexibility index (Phi) is 5.18. The van der Waals surface area contributed by atoms with E-state index in [9.17, 15) is 4.79 Å². The quantitative estimate of drug-likeness (QED) is 0.886. The maximum Gasteiger partial charge on any atom is 0.251 e. The smallest absolute Gasteiger partial charge is 0.251 e. The number of amides is 1. The molecule has 0 heterocycles. The van der Waals surface area contributed by atoms with Crippen molar-refractivity contribution in [2.75, 3.05) is 6.54 Å². The van der Waals surface area contributed by atoms with Crippen molar-refractivity contribution in [3.05, 3.63) is 34.9 Å². The molecule has 1 aromatic carbocycles. The minimum absolute atomic E-state index is 0.0816. The number of nitrogens with one attached hydrogen (secondary N) is 2. The average molecular weight is 274 g/mol. The second-order valence-electron chi connectivity index (χ2n) is 5.83. The van der Waals surface area contributed by atoms with Gasteiger partial charge in [0, 0.05) is 17.6 Å². The van der Waals surface area contributed by atoms with Crippen molar-refractivity contribution in [2.45, 2.75) is 58.5 Å². The van der Waals surface area contributed by atoms with E-state index in [0.717, 1.165) is 43.4 Å². The van der Waals surface area contributed by atoms with Crippen LogP contribution in [0.15, 0.2) is 18.2 Å². The van der Waals surface area contributed by atoms with E-state index in [1.165, 1.54) is 5.56 Å². The highest BCUT2D eigenvalue weighted by Crippen LogP contribution is 2.20. The summed E-state index contributed by atoms with van der Waals surface area (Å²) in [5.74, 6) is 0.0816. The highest BCUT2D eigenvalue weighted by Gasteiger charge is 2.22. The van der Waals surface area contributed by atoms with Gasteiger partial charge < -0.3 is 10.6 Å². The molecule has 1 aliphatic carbocycles. The SMILES string of the molecule is CCNC1CCC(NC(=O)c2cccc(C)c2C)CC1. The topological polar surface area (TPSA) is 41.1 Å². The molecule has 0 radical (unpaired) electrons. The third kappa shape index (κ3) is 3.60. The molecule has 3 nitrogen and oxygen atoms in total. The van der Waals surface area contributed by atoms with E-state index in [0.29, 0.717) is 12.1 Å². The number of aryl methyl sites for hydroxylation is 1. The lowest BCUT2D eigenvalue weighted by Crippen LogP contribution is -2.42. The largest absolute Gasteiger partial charge is 0.349 e. The number of rotatable bonds is 4. The van der Waals surface area contributed by atoms with E-state index in [1.807, 2.05) is 32.0 Å². The van der Waals surface area contributed by atoms with E-state index < -0.39 is 0 Å². The Hall–Kier alpha value is -1.35. The average Bonchev–Trinajstić information content (AvgIpc) is 2.44. The third-order valence-corrected chi connectivity index (χ3v) is 4.40. The minimum atomic E-state index is 0.0816. The van der Waals surface area contributed by atoms with Gasteiger partial charge in [-0.3, -0.25) is 4.79 Å². The van der Waals surface area contributed by atoms with Crippen LogP contribution in [0.1, 0.15) is 54.1 Å². The van der Waals surface area contributed by atoms with Crippen LogP contribution in [0.25, 0.3) is 0 Å². The molecule has 1 aliphatic rings. The highest BCUT2D eigenvalue weighted by atomic mass is 16.1. The second kappa shape index (κ2) is 6.89. The summed E-state index contributed by atoms with van der Waals surface area (Å²) >= 11 is 0. The molecule has 1 fully saturated rings. The van der Waals surface area contributed by atoms with Gasteiger partial charge in [-0.2, -0.15) is 0 Å². The summed E-state index contributed by atoms with van der Waals surface area (Å²) in [6, 6.07) is 6.89. The molecule has 0 unspecified atom stereocenters. The van der Waals surface area contributed by atoms with Gasteiger partial charge >= 0.3 is 0 Å². The zero-order chi connectivity index (χ0) is 14.5. The first-order valence-electron chi connectivity index (χ1n) is 7.72. The predicted molar refractivity (Wildman–Crippen MR) is 83.1 cm³/mol. The second-order valence-corrected chi connectivity index (χ2v) is 5.83. The molecule has 1 saturated carbocycles. The predicted octanol–water partition coefficient (Wildman–Crippen LogP) is 2.95. The van der Waals surface area contributed by atoms with Crippen molar-refractivity contribution in [1.29, 1.82) is 0 Å². The van der Waals surface area contributed by atoms with E-state index in [2.05, 4.69) is 17.6 Å². The molecule has 0 bridgehead atoms. The van der Waals surface area contributed by atoms with Gasteiger partial charge in [0.1, 0.15) is 0 Å². The molecule has 0 spiro atoms. The summed E-state index contributed by atoms with van der Waals surface area (Å²) < 4.78 is 0. The van der Waals surface area contributed by atoms with Crippen LogP contribution in [0.2, 0.25) is 0 Å². The van der Waals surface area contributed by atoms with Crippen molar-refractivity contribution in [3.8, 4) is 0 Å². The fourth-order valence-electron chi connectivity index (χ4n) is 2.99. The van der Waals surface area contributed by atoms with Crippen LogP contribution in [0.3, 0.4) is 0 Å². The summed E-state index contributed by atoms with van der Waals surface area (Å²) in [5, 5.41) is 6.69. The lowest BCUT2D eigenvalue weighted by atomic mass is 9.90. The van der Waals surface area contributed by atoms with E-state index in [1.54, 1.807) is 0 Å². The molecule has 0 aliphatic heterocycles. The molecule has 1 amide bonds. The van der Waals surface area contributed by atoms with Gasteiger partial charge in [-0.1, -0.05) is 19.1 Å². The fraction of sp³-hybridized carbons (Fsp3) is 0.588. The molecule has 3 heteroatoms. The van der Waals surface area contributed by atoms with Crippen LogP contribution in [0.5, 0.6) is 0 Å². The Morgan fingerprint density at radius 3 is 2.45 bits per heavy atom. The lowest BCUT2D eigenvalue weighted by molar-refractivity contribution is 0.0923. The fourth-order valence-corrected chi connectivity index (χ4v) is 2.99. The molecule has 20 heavy (non-hydrogen) atoms. The van der Waals surface area contributed by atoms with Crippen molar-refractivity contribution >= 4 is 5.91 Å². The van der Waals surface area contributed by atoms with Crippen LogP contribution < -0.4 is 10.6 Å². The van der Waals surface area contributed by atoms with Gasteiger partial charge in [-0.25, -0.2) is 0 Å². The van der Waals surface area contributed by atoms with Crippen molar-refractivity contribution < 1.29 is 4.79 Å². The molecule has 1 aromatic rings. The number of hydrogen-bond acceptors (Lipinski definition) is 2. The summed E-state index contributed by atoms with van der Waals surface area (Å²) in [5.41, 5.74) is 3.08. The Balaban J connectivity index is 1.91. The van der Waals surface area contributed by atoms with Crippen LogP contribution in [0, 0.1) is 13.8 Å². The molecule has 2 N–H and O–H groups in total. The molecule has 2 rings (SSSR count). The summed E-state index contributed by atoms with van der Waals surface area (Å²) in [6.45, 7) is 7.25. The maximum atomic E-state index is 12.4. The number of carbonyl (C=O) groups excluding carboxylic acids is 1. The van der Waals surface area contributed by atoms with E-state index in [-0.39, 0.29) is 5.91 Å². The molecule has 0 saturated heterocycles. The Labute approximate surface area is 122 Å². The molecule has 0 atom stereocenters. The van der Waals surface area contributed by atoms with Gasteiger partial charge in [0.15, 0.2) is 0 Å². The first-order chi connectivity index (χ1) is 9.61. The molecular weight excluding hydrogens is 248 g/mol. The van der Waals surface area contributed by atoms with Crippen LogP contribution in [-0.2, 0) is 0 Å². The summed E-state index contributed by atoms with van der Waals surface area (Å²) in [7, 11) is 0. The monoisotopic (exact) mass is 274 g/mol. The van der Waals surface area contributed by atoms with Gasteiger partial charge in [0.05, 0.1) is 0 Å². The zero-order valence-electron chi connectivity index (χ0n) is 12.8. The summed E-state index contributed by atoms with van der Waals surface area (Å²) in [4.78, 5) is 12.4. The Bertz CT molecular complexity index is 462. The summed E-state index contributed by atoms with van der Waals surface area (Å²) in [6.07, 6.45) is 4.47. The normalized spacial score (nSPS) is 22.6. The minimum Gasteiger partial charge on any atom is -0.349 e. The zero-order valence-corrected chi connectivity index (χ0v) is 12.8. The molecule has 110 valence electrons. The van der Waals surface area contributed by atoms with Crippen molar-refractivity contribution in [1.82, 2.24) is 10.6 Å². The lowest BCUT2D eigenvalue weighted by Gasteiger charge is -2.29. The standard InChI is InChI=1S/C17H26N2O/c1-4-18-14-8-10-15(11-9-14)19-17(20)16-7-5-6-12(2)13(16)3/h5-7,14-15,18H,4,8-11H2,1-3H3,(H,19,20). The first-order valence-corrected chi connectivity index (χ1v) is 7.72.